The first kappa shape index (κ1) is 19.4. The predicted octanol–water partition coefficient (Wildman–Crippen LogP) is 4.22. The molecule has 2 aromatic heterocycles. The van der Waals surface area contributed by atoms with Gasteiger partial charge in [0, 0.05) is 18.8 Å². The molecule has 3 aromatic rings. The Hall–Kier alpha value is -2.89. The molecule has 152 valence electrons. The van der Waals surface area contributed by atoms with Gasteiger partial charge in [0.1, 0.15) is 18.3 Å². The first-order valence-corrected chi connectivity index (χ1v) is 10.5. The average molecular weight is 392 g/mol. The van der Waals surface area contributed by atoms with Crippen molar-refractivity contribution < 1.29 is 0 Å². The topological polar surface area (TPSA) is 64.7 Å². The van der Waals surface area contributed by atoms with Crippen molar-refractivity contribution >= 4 is 5.69 Å². The summed E-state index contributed by atoms with van der Waals surface area (Å²) in [5.41, 5.74) is 3.04. The number of hydrogen-bond donors (Lipinski definition) is 1. The first-order chi connectivity index (χ1) is 14.1. The van der Waals surface area contributed by atoms with Gasteiger partial charge in [-0.05, 0) is 49.1 Å². The lowest BCUT2D eigenvalue weighted by Gasteiger charge is -2.30. The average Bonchev–Trinajstić information content (AvgIpc) is 3.27. The normalized spacial score (nSPS) is 19.4. The highest BCUT2D eigenvalue weighted by Gasteiger charge is 2.23. The van der Waals surface area contributed by atoms with E-state index in [1.54, 1.807) is 17.2 Å². The number of nitrogens with zero attached hydrogens (tertiary/aromatic N) is 4. The van der Waals surface area contributed by atoms with Crippen molar-refractivity contribution in [3.63, 3.8) is 0 Å². The highest BCUT2D eigenvalue weighted by atomic mass is 16.1. The fraction of sp³-hybridized carbons (Fsp3) is 0.435. The third kappa shape index (κ3) is 4.58. The van der Waals surface area contributed by atoms with E-state index in [2.05, 4.69) is 59.7 Å². The molecule has 1 aliphatic carbocycles. The van der Waals surface area contributed by atoms with Gasteiger partial charge in [0.15, 0.2) is 0 Å². The van der Waals surface area contributed by atoms with Crippen LogP contribution in [0.2, 0.25) is 0 Å². The van der Waals surface area contributed by atoms with E-state index in [-0.39, 0.29) is 5.56 Å². The van der Waals surface area contributed by atoms with E-state index in [1.807, 2.05) is 16.8 Å². The number of benzene rings is 1. The van der Waals surface area contributed by atoms with Crippen molar-refractivity contribution in [2.24, 2.45) is 5.92 Å². The second kappa shape index (κ2) is 8.64. The molecule has 4 rings (SSSR count). The van der Waals surface area contributed by atoms with E-state index in [1.165, 1.54) is 5.56 Å². The van der Waals surface area contributed by atoms with Crippen LogP contribution in [0.15, 0.2) is 60.0 Å². The Bertz CT molecular complexity index is 970. The first-order valence-electron chi connectivity index (χ1n) is 10.5. The quantitative estimate of drug-likeness (QED) is 0.683. The number of nitrogens with one attached hydrogen (secondary N) is 1. The maximum Gasteiger partial charge on any atom is 0.274 e. The minimum Gasteiger partial charge on any atom is -0.378 e. The zero-order chi connectivity index (χ0) is 20.2. The van der Waals surface area contributed by atoms with Crippen molar-refractivity contribution in [3.05, 3.63) is 71.2 Å². The third-order valence-electron chi connectivity index (χ3n) is 5.71. The van der Waals surface area contributed by atoms with Gasteiger partial charge in [-0.1, -0.05) is 44.2 Å². The number of rotatable bonds is 6. The molecule has 1 N–H and O–H groups in total. The van der Waals surface area contributed by atoms with Crippen LogP contribution in [0.1, 0.15) is 51.0 Å². The van der Waals surface area contributed by atoms with Crippen LogP contribution >= 0.6 is 0 Å². The lowest BCUT2D eigenvalue weighted by atomic mass is 9.82. The molecule has 2 heterocycles. The lowest BCUT2D eigenvalue weighted by molar-refractivity contribution is 0.411. The molecule has 0 radical (unpaired) electrons. The van der Waals surface area contributed by atoms with Crippen LogP contribution in [0.3, 0.4) is 0 Å². The van der Waals surface area contributed by atoms with Crippen LogP contribution in [0, 0.1) is 5.92 Å². The van der Waals surface area contributed by atoms with Crippen molar-refractivity contribution in [2.75, 3.05) is 5.32 Å². The molecule has 0 bridgehead atoms. The number of anilines is 1. The Kier molecular flexibility index (Phi) is 5.79. The summed E-state index contributed by atoms with van der Waals surface area (Å²) in [4.78, 5) is 13.0. The van der Waals surface area contributed by atoms with Gasteiger partial charge in [0.05, 0.1) is 5.69 Å². The number of pyridine rings is 1. The lowest BCUT2D eigenvalue weighted by Crippen LogP contribution is -2.31. The summed E-state index contributed by atoms with van der Waals surface area (Å²) in [5, 5.41) is 11.3. The van der Waals surface area contributed by atoms with E-state index in [9.17, 15) is 4.79 Å². The highest BCUT2D eigenvalue weighted by Crippen LogP contribution is 2.33. The Morgan fingerprint density at radius 1 is 1.07 bits per heavy atom. The van der Waals surface area contributed by atoms with E-state index < -0.39 is 0 Å². The molecule has 1 fully saturated rings. The van der Waals surface area contributed by atoms with Crippen LogP contribution in [0.4, 0.5) is 5.69 Å². The summed E-state index contributed by atoms with van der Waals surface area (Å²) in [6, 6.07) is 13.0. The van der Waals surface area contributed by atoms with Crippen molar-refractivity contribution in [1.29, 1.82) is 0 Å². The summed E-state index contributed by atoms with van der Waals surface area (Å²) >= 11 is 0. The van der Waals surface area contributed by atoms with Gasteiger partial charge < -0.3 is 9.88 Å². The molecular weight excluding hydrogens is 362 g/mol. The minimum atomic E-state index is 0.0423. The largest absolute Gasteiger partial charge is 0.378 e. The van der Waals surface area contributed by atoms with Gasteiger partial charge in [-0.2, -0.15) is 0 Å². The molecule has 0 amide bonds. The van der Waals surface area contributed by atoms with Crippen LogP contribution in [-0.2, 0) is 6.54 Å². The Balaban J connectivity index is 1.52. The Morgan fingerprint density at radius 2 is 1.76 bits per heavy atom. The van der Waals surface area contributed by atoms with Crippen LogP contribution in [-0.4, -0.2) is 25.4 Å². The molecule has 29 heavy (non-hydrogen) atoms. The van der Waals surface area contributed by atoms with Gasteiger partial charge in [-0.3, -0.25) is 9.36 Å². The predicted molar refractivity (Wildman–Crippen MR) is 116 cm³/mol. The maximum absolute atomic E-state index is 13.0. The second-order valence-corrected chi connectivity index (χ2v) is 8.44. The standard InChI is InChI=1S/C23H29N5O/c1-17(2)13-27-14-21(28-15-24-25-16-28)12-22(23(27)29)26-20-10-8-19(9-11-20)18-6-4-3-5-7-18/h3-7,12,14-17,19-20,26H,8-11,13H2,1-2H3. The summed E-state index contributed by atoms with van der Waals surface area (Å²) in [5.74, 6) is 1.01. The van der Waals surface area contributed by atoms with Gasteiger partial charge in [-0.25, -0.2) is 0 Å². The van der Waals surface area contributed by atoms with Gasteiger partial charge in [-0.15, -0.1) is 10.2 Å². The van der Waals surface area contributed by atoms with Gasteiger partial charge in [0.25, 0.3) is 5.56 Å². The van der Waals surface area contributed by atoms with E-state index in [0.717, 1.165) is 31.4 Å². The molecule has 0 unspecified atom stereocenters. The van der Waals surface area contributed by atoms with Crippen molar-refractivity contribution in [3.8, 4) is 5.69 Å². The molecule has 0 spiro atoms. The summed E-state index contributed by atoms with van der Waals surface area (Å²) in [6.45, 7) is 4.93. The molecule has 0 saturated heterocycles. The highest BCUT2D eigenvalue weighted by molar-refractivity contribution is 5.49. The van der Waals surface area contributed by atoms with Crippen molar-refractivity contribution in [2.45, 2.75) is 58.0 Å². The van der Waals surface area contributed by atoms with Gasteiger partial charge in [0.2, 0.25) is 0 Å². The SMILES string of the molecule is CC(C)Cn1cc(-n2cnnc2)cc(NC2CCC(c3ccccc3)CC2)c1=O. The van der Waals surface area contributed by atoms with Crippen LogP contribution in [0.25, 0.3) is 5.69 Å². The summed E-state index contributed by atoms with van der Waals surface area (Å²) < 4.78 is 3.64. The molecular formula is C23H29N5O. The van der Waals surface area contributed by atoms with E-state index in [4.69, 9.17) is 0 Å². The second-order valence-electron chi connectivity index (χ2n) is 8.44. The maximum atomic E-state index is 13.0. The van der Waals surface area contributed by atoms with E-state index in [0.29, 0.717) is 30.1 Å². The van der Waals surface area contributed by atoms with E-state index >= 15 is 0 Å². The minimum absolute atomic E-state index is 0.0423. The molecule has 1 saturated carbocycles. The number of aromatic nitrogens is 4. The third-order valence-corrected chi connectivity index (χ3v) is 5.71. The summed E-state index contributed by atoms with van der Waals surface area (Å²) in [6.07, 6.45) is 9.64. The van der Waals surface area contributed by atoms with Crippen LogP contribution < -0.4 is 10.9 Å². The monoisotopic (exact) mass is 391 g/mol. The molecule has 0 atom stereocenters. The Labute approximate surface area is 171 Å². The molecule has 1 aliphatic rings. The van der Waals surface area contributed by atoms with Crippen molar-refractivity contribution in [1.82, 2.24) is 19.3 Å². The fourth-order valence-corrected chi connectivity index (χ4v) is 4.24. The van der Waals surface area contributed by atoms with Gasteiger partial charge >= 0.3 is 0 Å². The number of hydrogen-bond acceptors (Lipinski definition) is 4. The molecule has 0 aliphatic heterocycles. The Morgan fingerprint density at radius 3 is 2.41 bits per heavy atom. The molecule has 6 nitrogen and oxygen atoms in total. The fourth-order valence-electron chi connectivity index (χ4n) is 4.24. The molecule has 1 aromatic carbocycles. The summed E-state index contributed by atoms with van der Waals surface area (Å²) in [7, 11) is 0. The van der Waals surface area contributed by atoms with Crippen LogP contribution in [0.5, 0.6) is 0 Å². The zero-order valence-electron chi connectivity index (χ0n) is 17.2. The molecule has 6 heteroatoms. The smallest absolute Gasteiger partial charge is 0.274 e. The zero-order valence-corrected chi connectivity index (χ0v) is 17.2.